The summed E-state index contributed by atoms with van der Waals surface area (Å²) in [5.41, 5.74) is 0.316. The van der Waals surface area contributed by atoms with Gasteiger partial charge in [-0.3, -0.25) is 24.3 Å². The minimum absolute atomic E-state index is 0.0458. The fourth-order valence-electron chi connectivity index (χ4n) is 5.49. The van der Waals surface area contributed by atoms with Crippen molar-refractivity contribution in [1.29, 1.82) is 0 Å². The minimum Gasteiger partial charge on any atom is -0.285 e. The Labute approximate surface area is 221 Å². The van der Waals surface area contributed by atoms with E-state index < -0.39 is 29.8 Å². The molecule has 0 radical (unpaired) electrons. The van der Waals surface area contributed by atoms with Crippen molar-refractivity contribution in [2.24, 2.45) is 0 Å². The summed E-state index contributed by atoms with van der Waals surface area (Å²) < 4.78 is 70.6. The van der Waals surface area contributed by atoms with Crippen molar-refractivity contribution in [1.82, 2.24) is 24.5 Å². The summed E-state index contributed by atoms with van der Waals surface area (Å²) in [4.78, 5) is 30.6. The van der Waals surface area contributed by atoms with Gasteiger partial charge in [-0.15, -0.1) is 0 Å². The number of hydrogen-bond acceptors (Lipinski definition) is 5. The molecule has 4 heterocycles. The predicted octanol–water partition coefficient (Wildman–Crippen LogP) is 6.51. The number of hydrogen-bond donors (Lipinski definition) is 0. The van der Waals surface area contributed by atoms with Gasteiger partial charge < -0.3 is 0 Å². The Morgan fingerprint density at radius 2 is 1.62 bits per heavy atom. The predicted molar refractivity (Wildman–Crippen MR) is 135 cm³/mol. The third kappa shape index (κ3) is 5.39. The summed E-state index contributed by atoms with van der Waals surface area (Å²) in [5, 5.41) is 0. The van der Waals surface area contributed by atoms with Gasteiger partial charge in [0, 0.05) is 42.8 Å². The lowest BCUT2D eigenvalue weighted by Crippen LogP contribution is -2.29. The maximum Gasteiger partial charge on any atom is 0.418 e. The normalized spacial score (nSPS) is 18.4. The first-order valence-electron chi connectivity index (χ1n) is 12.6. The molecular formula is C28H26F5N5O. The van der Waals surface area contributed by atoms with Crippen LogP contribution in [-0.2, 0) is 18.6 Å². The SMILES string of the molecule is Cc1cnc2cc([C@H]3CC[C@H](c4cnccc4C(C)(F)F)CC3)c(=O)n(Cc3ncccc3C(F)(F)F)c2n1. The average molecular weight is 544 g/mol. The number of nitrogens with zero attached hydrogens (tertiary/aromatic N) is 5. The Morgan fingerprint density at radius 1 is 0.923 bits per heavy atom. The van der Waals surface area contributed by atoms with E-state index in [1.54, 1.807) is 13.0 Å². The molecule has 6 nitrogen and oxygen atoms in total. The van der Waals surface area contributed by atoms with E-state index in [-0.39, 0.29) is 28.7 Å². The summed E-state index contributed by atoms with van der Waals surface area (Å²) in [7, 11) is 0. The quantitative estimate of drug-likeness (QED) is 0.268. The Kier molecular flexibility index (Phi) is 6.94. The molecule has 0 spiro atoms. The van der Waals surface area contributed by atoms with Crippen LogP contribution in [0.15, 0.2) is 53.8 Å². The topological polar surface area (TPSA) is 73.6 Å². The molecule has 0 aliphatic heterocycles. The highest BCUT2D eigenvalue weighted by Gasteiger charge is 2.35. The number of rotatable bonds is 5. The zero-order valence-corrected chi connectivity index (χ0v) is 21.3. The van der Waals surface area contributed by atoms with Crippen molar-refractivity contribution < 1.29 is 22.0 Å². The van der Waals surface area contributed by atoms with Gasteiger partial charge >= 0.3 is 6.18 Å². The number of pyridine rings is 3. The van der Waals surface area contributed by atoms with Gasteiger partial charge in [-0.2, -0.15) is 13.2 Å². The highest BCUT2D eigenvalue weighted by atomic mass is 19.4. The highest BCUT2D eigenvalue weighted by Crippen LogP contribution is 2.43. The highest BCUT2D eigenvalue weighted by molar-refractivity contribution is 5.71. The van der Waals surface area contributed by atoms with Gasteiger partial charge in [-0.25, -0.2) is 13.8 Å². The number of aryl methyl sites for hydroxylation is 1. The Bertz CT molecular complexity index is 1570. The smallest absolute Gasteiger partial charge is 0.285 e. The minimum atomic E-state index is -4.64. The van der Waals surface area contributed by atoms with Crippen LogP contribution in [0.2, 0.25) is 0 Å². The summed E-state index contributed by atoms with van der Waals surface area (Å²) in [6.45, 7) is 2.13. The van der Waals surface area contributed by atoms with E-state index in [1.807, 2.05) is 0 Å². The lowest BCUT2D eigenvalue weighted by molar-refractivity contribution is -0.138. The van der Waals surface area contributed by atoms with Crippen LogP contribution < -0.4 is 5.56 Å². The van der Waals surface area contributed by atoms with Crippen molar-refractivity contribution in [2.45, 2.75) is 70.0 Å². The summed E-state index contributed by atoms with van der Waals surface area (Å²) in [5.74, 6) is -3.34. The van der Waals surface area contributed by atoms with E-state index in [0.29, 0.717) is 48.0 Å². The van der Waals surface area contributed by atoms with Crippen LogP contribution in [0.5, 0.6) is 0 Å². The first-order chi connectivity index (χ1) is 18.4. The Hall–Kier alpha value is -3.76. The zero-order valence-electron chi connectivity index (χ0n) is 21.3. The molecule has 0 saturated heterocycles. The van der Waals surface area contributed by atoms with E-state index in [4.69, 9.17) is 0 Å². The molecule has 0 N–H and O–H groups in total. The molecule has 5 rings (SSSR count). The van der Waals surface area contributed by atoms with Gasteiger partial charge in [0.05, 0.1) is 23.5 Å². The van der Waals surface area contributed by atoms with Gasteiger partial charge in [-0.1, -0.05) is 0 Å². The zero-order chi connectivity index (χ0) is 27.9. The van der Waals surface area contributed by atoms with E-state index in [0.717, 1.165) is 13.0 Å². The maximum atomic E-state index is 14.2. The fourth-order valence-corrected chi connectivity index (χ4v) is 5.49. The Morgan fingerprint density at radius 3 is 2.28 bits per heavy atom. The maximum absolute atomic E-state index is 14.2. The molecular weight excluding hydrogens is 517 g/mol. The number of alkyl halides is 5. The second kappa shape index (κ2) is 10.1. The van der Waals surface area contributed by atoms with E-state index in [9.17, 15) is 26.7 Å². The molecule has 0 aromatic carbocycles. The van der Waals surface area contributed by atoms with Gasteiger partial charge in [0.15, 0.2) is 5.65 Å². The van der Waals surface area contributed by atoms with Crippen molar-refractivity contribution in [3.05, 3.63) is 93.0 Å². The van der Waals surface area contributed by atoms with Gasteiger partial charge in [0.2, 0.25) is 0 Å². The third-order valence-corrected chi connectivity index (χ3v) is 7.38. The van der Waals surface area contributed by atoms with Crippen molar-refractivity contribution >= 4 is 11.2 Å². The van der Waals surface area contributed by atoms with Crippen molar-refractivity contribution in [2.75, 3.05) is 0 Å². The van der Waals surface area contributed by atoms with E-state index in [2.05, 4.69) is 19.9 Å². The van der Waals surface area contributed by atoms with Crippen LogP contribution in [-0.4, -0.2) is 24.5 Å². The molecule has 4 aromatic rings. The summed E-state index contributed by atoms with van der Waals surface area (Å²) in [6, 6.07) is 5.14. The monoisotopic (exact) mass is 543 g/mol. The molecule has 1 fully saturated rings. The standard InChI is InChI=1S/C28H26F5N5O/c1-16-13-36-23-12-19(17-5-7-18(8-6-17)20-14-34-11-9-21(20)27(2,29)30)26(39)38(25(23)37-16)15-24-22(28(31,32)33)4-3-10-35-24/h3-4,9-14,17-18H,5-8,15H2,1-2H3/t17-,18-. The number of halogens is 5. The molecule has 1 saturated carbocycles. The molecule has 39 heavy (non-hydrogen) atoms. The van der Waals surface area contributed by atoms with E-state index in [1.165, 1.54) is 41.5 Å². The molecule has 4 aromatic heterocycles. The van der Waals surface area contributed by atoms with Crippen LogP contribution in [0, 0.1) is 6.92 Å². The summed E-state index contributed by atoms with van der Waals surface area (Å²) >= 11 is 0. The van der Waals surface area contributed by atoms with Crippen LogP contribution in [0.4, 0.5) is 22.0 Å². The van der Waals surface area contributed by atoms with Crippen molar-refractivity contribution in [3.63, 3.8) is 0 Å². The molecule has 204 valence electrons. The first-order valence-corrected chi connectivity index (χ1v) is 12.6. The fraction of sp³-hybridized carbons (Fsp3) is 0.393. The largest absolute Gasteiger partial charge is 0.418 e. The average Bonchev–Trinajstić information content (AvgIpc) is 2.90. The molecule has 0 unspecified atom stereocenters. The molecule has 11 heteroatoms. The van der Waals surface area contributed by atoms with Crippen LogP contribution in [0.25, 0.3) is 11.2 Å². The second-order valence-corrected chi connectivity index (χ2v) is 10.1. The van der Waals surface area contributed by atoms with Gasteiger partial charge in [0.25, 0.3) is 11.5 Å². The molecule has 0 atom stereocenters. The lowest BCUT2D eigenvalue weighted by Gasteiger charge is -2.30. The van der Waals surface area contributed by atoms with Crippen LogP contribution in [0.1, 0.15) is 78.1 Å². The van der Waals surface area contributed by atoms with Gasteiger partial charge in [-0.05, 0) is 74.3 Å². The van der Waals surface area contributed by atoms with E-state index >= 15 is 0 Å². The number of fused-ring (bicyclic) bond motifs is 1. The van der Waals surface area contributed by atoms with Crippen molar-refractivity contribution in [3.8, 4) is 0 Å². The Balaban J connectivity index is 1.51. The van der Waals surface area contributed by atoms with Gasteiger partial charge in [0.1, 0.15) is 5.52 Å². The molecule has 1 aliphatic carbocycles. The number of aromatic nitrogens is 5. The first kappa shape index (κ1) is 26.8. The molecule has 0 amide bonds. The lowest BCUT2D eigenvalue weighted by atomic mass is 9.75. The molecule has 1 aliphatic rings. The van der Waals surface area contributed by atoms with Crippen LogP contribution in [0.3, 0.4) is 0 Å². The third-order valence-electron chi connectivity index (χ3n) is 7.38. The second-order valence-electron chi connectivity index (χ2n) is 10.1. The molecule has 0 bridgehead atoms. The summed E-state index contributed by atoms with van der Waals surface area (Å²) in [6.07, 6.45) is 3.22. The van der Waals surface area contributed by atoms with Crippen LogP contribution >= 0.6 is 0 Å².